The largest absolute Gasteiger partial charge is 0.306 e. The minimum atomic E-state index is 0.520. The van der Waals surface area contributed by atoms with E-state index in [2.05, 4.69) is 97.9 Å². The van der Waals surface area contributed by atoms with Gasteiger partial charge in [0.15, 0.2) is 0 Å². The molecule has 224 valence electrons. The van der Waals surface area contributed by atoms with Gasteiger partial charge in [0.25, 0.3) is 0 Å². The van der Waals surface area contributed by atoms with Crippen LogP contribution in [-0.4, -0.2) is 20.0 Å². The highest BCUT2D eigenvalue weighted by Crippen LogP contribution is 2.49. The number of rotatable bonds is 4. The number of allylic oxidation sites excluding steroid dienone is 12. The predicted molar refractivity (Wildman–Crippen MR) is 172 cm³/mol. The van der Waals surface area contributed by atoms with Gasteiger partial charge in [-0.1, -0.05) is 112 Å². The summed E-state index contributed by atoms with van der Waals surface area (Å²) < 4.78 is 2.07. The first-order valence-corrected chi connectivity index (χ1v) is 16.9. The van der Waals surface area contributed by atoms with Crippen molar-refractivity contribution in [2.75, 3.05) is 0 Å². The van der Waals surface area contributed by atoms with Crippen LogP contribution < -0.4 is 11.0 Å². The molecule has 0 amide bonds. The Morgan fingerprint density at radius 2 is 1.26 bits per heavy atom. The third-order valence-corrected chi connectivity index (χ3v) is 9.95. The molecule has 6 rings (SSSR count). The second kappa shape index (κ2) is 14.9. The normalized spacial score (nSPS) is 33.7. The summed E-state index contributed by atoms with van der Waals surface area (Å²) in [5.74, 6) is 3.12. The molecule has 2 heterocycles. The molecule has 2 N–H and O–H groups in total. The van der Waals surface area contributed by atoms with Gasteiger partial charge in [0.1, 0.15) is 0 Å². The van der Waals surface area contributed by atoms with Crippen molar-refractivity contribution in [3.8, 4) is 0 Å². The molecule has 1 aromatic heterocycles. The Bertz CT molecular complexity index is 1230. The molecule has 0 spiro atoms. The monoisotopic (exact) mass is 566 g/mol. The number of hydrazine groups is 2. The van der Waals surface area contributed by atoms with Crippen LogP contribution in [0.3, 0.4) is 0 Å². The zero-order chi connectivity index (χ0) is 28.4. The predicted octanol–water partition coefficient (Wildman–Crippen LogP) is 8.62. The van der Waals surface area contributed by atoms with Crippen LogP contribution in [0.2, 0.25) is 0 Å². The van der Waals surface area contributed by atoms with E-state index in [0.29, 0.717) is 11.8 Å². The fourth-order valence-electron chi connectivity index (χ4n) is 7.35. The first-order chi connectivity index (χ1) is 20.8. The summed E-state index contributed by atoms with van der Waals surface area (Å²) in [4.78, 5) is 0. The number of hydrogen-bond acceptors (Lipinski definition) is 5. The Morgan fingerprint density at radius 1 is 0.619 bits per heavy atom. The quantitative estimate of drug-likeness (QED) is 0.382. The maximum Gasteiger partial charge on any atom is 0.0732 e. The van der Waals surface area contributed by atoms with E-state index in [-0.39, 0.29) is 0 Å². The number of hydrogen-bond donors (Lipinski definition) is 2. The van der Waals surface area contributed by atoms with Crippen LogP contribution in [0, 0.1) is 17.8 Å². The molecule has 3 unspecified atom stereocenters. The lowest BCUT2D eigenvalue weighted by Gasteiger charge is -2.20. The van der Waals surface area contributed by atoms with Crippen molar-refractivity contribution in [2.45, 2.75) is 109 Å². The van der Waals surface area contributed by atoms with Crippen molar-refractivity contribution in [3.63, 3.8) is 0 Å². The van der Waals surface area contributed by atoms with Crippen molar-refractivity contribution in [1.82, 2.24) is 31.0 Å². The highest BCUT2D eigenvalue weighted by Gasteiger charge is 2.40. The summed E-state index contributed by atoms with van der Waals surface area (Å²) in [6.07, 6.45) is 47.1. The lowest BCUT2D eigenvalue weighted by atomic mass is 9.89. The van der Waals surface area contributed by atoms with Crippen LogP contribution in [0.25, 0.3) is 5.70 Å². The Balaban J connectivity index is 1.13. The molecule has 42 heavy (non-hydrogen) atoms. The molecule has 0 saturated heterocycles. The van der Waals surface area contributed by atoms with Crippen molar-refractivity contribution in [1.29, 1.82) is 0 Å². The summed E-state index contributed by atoms with van der Waals surface area (Å²) in [6, 6.07) is 0. The number of fused-ring (bicyclic) bond motifs is 1. The topological polar surface area (TPSA) is 58.0 Å². The maximum absolute atomic E-state index is 4.56. The fourth-order valence-corrected chi connectivity index (χ4v) is 7.35. The second-order valence-corrected chi connectivity index (χ2v) is 13.0. The summed E-state index contributed by atoms with van der Waals surface area (Å²) in [5, 5.41) is 11.1. The lowest BCUT2D eigenvalue weighted by Crippen LogP contribution is -2.36. The molecule has 4 aliphatic carbocycles. The molecule has 6 nitrogen and oxygen atoms in total. The third-order valence-electron chi connectivity index (χ3n) is 9.95. The third kappa shape index (κ3) is 7.83. The maximum atomic E-state index is 4.56. The van der Waals surface area contributed by atoms with Crippen molar-refractivity contribution in [2.24, 2.45) is 17.8 Å². The summed E-state index contributed by atoms with van der Waals surface area (Å²) in [7, 11) is 0. The molecule has 1 aromatic rings. The van der Waals surface area contributed by atoms with Crippen LogP contribution in [0.5, 0.6) is 0 Å². The van der Waals surface area contributed by atoms with Crippen LogP contribution in [0.1, 0.15) is 114 Å². The first-order valence-electron chi connectivity index (χ1n) is 16.9. The van der Waals surface area contributed by atoms with Crippen LogP contribution in [-0.2, 0) is 0 Å². The molecule has 3 fully saturated rings. The number of nitrogens with zero attached hydrogens (tertiary/aromatic N) is 4. The molecule has 3 saturated carbocycles. The van der Waals surface area contributed by atoms with Gasteiger partial charge in [0, 0.05) is 23.7 Å². The highest BCUT2D eigenvalue weighted by molar-refractivity contribution is 5.60. The van der Waals surface area contributed by atoms with E-state index in [1.165, 1.54) is 114 Å². The van der Waals surface area contributed by atoms with E-state index < -0.39 is 0 Å². The first kappa shape index (κ1) is 29.0. The van der Waals surface area contributed by atoms with Gasteiger partial charge in [-0.3, -0.25) is 5.01 Å². The minimum absolute atomic E-state index is 0.520. The standard InChI is InChI=1S/C36H50N6/c1-2-4-6-10-18-29(17-9-5-3-1)36-27-37-39-42(36)34-23-13-7-11-21-33(22-12-8-14-24-34)41-28-35(38-40-41)31-20-16-15-19-30-25-32(30)26-31/h7-8,11-14,21-24,27-32,38,40H,1-6,9-10,15-20,25-26H2/b11-7-,12-8?,13-7?,14-8-,21-11?,22-12-,23-13-,24-14?,33-21+,33-22?,34-23?,34-24+. The Morgan fingerprint density at radius 3 is 2.05 bits per heavy atom. The van der Waals surface area contributed by atoms with Crippen molar-refractivity contribution in [3.05, 3.63) is 90.2 Å². The van der Waals surface area contributed by atoms with E-state index in [1.807, 2.05) is 6.20 Å². The van der Waals surface area contributed by atoms with Crippen LogP contribution in [0.4, 0.5) is 0 Å². The molecular weight excluding hydrogens is 516 g/mol. The number of aromatic nitrogens is 3. The Kier molecular flexibility index (Phi) is 10.3. The smallest absolute Gasteiger partial charge is 0.0732 e. The number of nitrogens with one attached hydrogen (secondary N) is 2. The zero-order valence-electron chi connectivity index (χ0n) is 25.3. The summed E-state index contributed by atoms with van der Waals surface area (Å²) in [5.41, 5.74) is 11.6. The van der Waals surface area contributed by atoms with E-state index in [1.54, 1.807) is 0 Å². The molecule has 0 aromatic carbocycles. The minimum Gasteiger partial charge on any atom is -0.306 e. The average molecular weight is 567 g/mol. The van der Waals surface area contributed by atoms with E-state index in [0.717, 1.165) is 23.2 Å². The molecule has 1 aliphatic heterocycles. The van der Waals surface area contributed by atoms with E-state index in [4.69, 9.17) is 0 Å². The Hall–Kier alpha value is -3.12. The summed E-state index contributed by atoms with van der Waals surface area (Å²) >= 11 is 0. The van der Waals surface area contributed by atoms with Crippen LogP contribution in [0.15, 0.2) is 84.6 Å². The van der Waals surface area contributed by atoms with Crippen molar-refractivity contribution >= 4 is 5.70 Å². The average Bonchev–Trinajstić information content (AvgIpc) is 3.32. The van der Waals surface area contributed by atoms with Gasteiger partial charge >= 0.3 is 0 Å². The van der Waals surface area contributed by atoms with E-state index in [9.17, 15) is 0 Å². The van der Waals surface area contributed by atoms with Gasteiger partial charge in [-0.25, -0.2) is 4.68 Å². The fraction of sp³-hybridized carbons (Fsp3) is 0.556. The Labute approximate surface area is 253 Å². The molecular formula is C36H50N6. The van der Waals surface area contributed by atoms with E-state index >= 15 is 0 Å². The van der Waals surface area contributed by atoms with Gasteiger partial charge in [-0.15, -0.1) is 10.6 Å². The lowest BCUT2D eigenvalue weighted by molar-refractivity contribution is 0.332. The van der Waals surface area contributed by atoms with Gasteiger partial charge in [-0.2, -0.15) is 0 Å². The van der Waals surface area contributed by atoms with Crippen molar-refractivity contribution < 1.29 is 0 Å². The van der Waals surface area contributed by atoms with Gasteiger partial charge in [0.05, 0.1) is 23.3 Å². The second-order valence-electron chi connectivity index (χ2n) is 13.0. The SMILES string of the molecule is C1=C(C2CCCCC3CC3C2)NNN1C1=C/C=C\C=C/C(n2nncc2C2CCCCCCCCCC2)=C\C=C/C=C\1. The highest BCUT2D eigenvalue weighted by atomic mass is 15.7. The molecule has 0 radical (unpaired) electrons. The molecule has 3 atom stereocenters. The van der Waals surface area contributed by atoms with Gasteiger partial charge in [0.2, 0.25) is 0 Å². The zero-order valence-corrected chi connectivity index (χ0v) is 25.3. The van der Waals surface area contributed by atoms with Gasteiger partial charge in [-0.05, 0) is 68.2 Å². The molecule has 0 bridgehead atoms. The van der Waals surface area contributed by atoms with Crippen LogP contribution >= 0.6 is 0 Å². The van der Waals surface area contributed by atoms with Gasteiger partial charge < -0.3 is 5.43 Å². The molecule has 6 heteroatoms. The summed E-state index contributed by atoms with van der Waals surface area (Å²) in [6.45, 7) is 0. The molecule has 5 aliphatic rings.